The maximum Gasteiger partial charge on any atom is 0.108 e. The van der Waals surface area contributed by atoms with Crippen LogP contribution in [0.15, 0.2) is 36.7 Å². The fraction of sp³-hybridized carbons (Fsp3) is 0.471. The van der Waals surface area contributed by atoms with Crippen LogP contribution in [0.1, 0.15) is 43.1 Å². The molecule has 0 unspecified atom stereocenters. The molecule has 0 radical (unpaired) electrons. The number of nitrogens with one attached hydrogen (secondary N) is 1. The predicted molar refractivity (Wildman–Crippen MR) is 81.6 cm³/mol. The highest BCUT2D eigenvalue weighted by molar-refractivity contribution is 5.23. The molecule has 3 heteroatoms. The van der Waals surface area contributed by atoms with Gasteiger partial charge in [0, 0.05) is 37.9 Å². The molecule has 20 heavy (non-hydrogen) atoms. The monoisotopic (exact) mass is 269 g/mol. The Labute approximate surface area is 121 Å². The van der Waals surface area contributed by atoms with Crippen molar-refractivity contribution >= 4 is 0 Å². The summed E-state index contributed by atoms with van der Waals surface area (Å²) in [5.41, 5.74) is 2.72. The zero-order valence-corrected chi connectivity index (χ0v) is 12.2. The normalized spacial score (nSPS) is 14.7. The van der Waals surface area contributed by atoms with E-state index in [1.165, 1.54) is 29.8 Å². The molecule has 0 saturated heterocycles. The summed E-state index contributed by atoms with van der Waals surface area (Å²) in [5.74, 6) is 1.19. The van der Waals surface area contributed by atoms with Crippen molar-refractivity contribution < 1.29 is 0 Å². The molecule has 1 fully saturated rings. The fourth-order valence-corrected chi connectivity index (χ4v) is 2.44. The zero-order valence-electron chi connectivity index (χ0n) is 12.2. The van der Waals surface area contributed by atoms with Crippen molar-refractivity contribution in [1.29, 1.82) is 0 Å². The standard InChI is InChI=1S/C17H23N3/c1-2-3-17-18-10-11-20(17)13-15-6-4-14(5-7-15)12-19-16-8-9-16/h4-7,10-11,16,19H,2-3,8-9,12-13H2,1H3. The summed E-state index contributed by atoms with van der Waals surface area (Å²) in [6.07, 6.45) is 8.86. The Bertz CT molecular complexity index is 538. The van der Waals surface area contributed by atoms with Gasteiger partial charge in [-0.05, 0) is 30.4 Å². The van der Waals surface area contributed by atoms with Crippen LogP contribution in [0.3, 0.4) is 0 Å². The second-order valence-electron chi connectivity index (χ2n) is 5.69. The predicted octanol–water partition coefficient (Wildman–Crippen LogP) is 3.14. The maximum absolute atomic E-state index is 4.43. The van der Waals surface area contributed by atoms with E-state index in [0.717, 1.165) is 32.0 Å². The first-order valence-electron chi connectivity index (χ1n) is 7.66. The number of nitrogens with zero attached hydrogens (tertiary/aromatic N) is 2. The van der Waals surface area contributed by atoms with Crippen LogP contribution in [0.5, 0.6) is 0 Å². The molecule has 0 amide bonds. The van der Waals surface area contributed by atoms with E-state index in [0.29, 0.717) is 0 Å². The second-order valence-corrected chi connectivity index (χ2v) is 5.69. The molecule has 106 valence electrons. The molecule has 0 bridgehead atoms. The van der Waals surface area contributed by atoms with Gasteiger partial charge in [-0.15, -0.1) is 0 Å². The topological polar surface area (TPSA) is 29.9 Å². The highest BCUT2D eigenvalue weighted by Crippen LogP contribution is 2.19. The van der Waals surface area contributed by atoms with Gasteiger partial charge < -0.3 is 9.88 Å². The Balaban J connectivity index is 1.60. The Hall–Kier alpha value is -1.61. The largest absolute Gasteiger partial charge is 0.331 e. The lowest BCUT2D eigenvalue weighted by Crippen LogP contribution is -2.15. The van der Waals surface area contributed by atoms with Crippen molar-refractivity contribution in [2.45, 2.75) is 51.7 Å². The molecule has 1 saturated carbocycles. The molecule has 0 atom stereocenters. The Kier molecular flexibility index (Phi) is 4.16. The smallest absolute Gasteiger partial charge is 0.108 e. The molecule has 1 aliphatic carbocycles. The lowest BCUT2D eigenvalue weighted by Gasteiger charge is -2.09. The summed E-state index contributed by atoms with van der Waals surface area (Å²) >= 11 is 0. The average Bonchev–Trinajstić information content (AvgIpc) is 3.20. The molecule has 1 aliphatic rings. The van der Waals surface area contributed by atoms with Gasteiger partial charge in [0.05, 0.1) is 0 Å². The van der Waals surface area contributed by atoms with E-state index in [4.69, 9.17) is 0 Å². The van der Waals surface area contributed by atoms with Gasteiger partial charge >= 0.3 is 0 Å². The molecule has 1 N–H and O–H groups in total. The number of aromatic nitrogens is 2. The lowest BCUT2D eigenvalue weighted by atomic mass is 10.1. The van der Waals surface area contributed by atoms with E-state index in [-0.39, 0.29) is 0 Å². The van der Waals surface area contributed by atoms with E-state index in [1.54, 1.807) is 0 Å². The van der Waals surface area contributed by atoms with Crippen LogP contribution in [0.2, 0.25) is 0 Å². The Morgan fingerprint density at radius 2 is 1.95 bits per heavy atom. The molecule has 0 aliphatic heterocycles. The summed E-state index contributed by atoms with van der Waals surface area (Å²) in [7, 11) is 0. The number of hydrogen-bond acceptors (Lipinski definition) is 2. The van der Waals surface area contributed by atoms with Crippen molar-refractivity contribution in [2.75, 3.05) is 0 Å². The molecule has 0 spiro atoms. The Morgan fingerprint density at radius 1 is 1.20 bits per heavy atom. The summed E-state index contributed by atoms with van der Waals surface area (Å²) in [6, 6.07) is 9.72. The minimum atomic E-state index is 0.775. The molecule has 3 nitrogen and oxygen atoms in total. The van der Waals surface area contributed by atoms with Gasteiger partial charge in [0.2, 0.25) is 0 Å². The van der Waals surface area contributed by atoms with Crippen molar-refractivity contribution in [3.05, 3.63) is 53.6 Å². The maximum atomic E-state index is 4.43. The number of imidazole rings is 1. The van der Waals surface area contributed by atoms with E-state index < -0.39 is 0 Å². The third-order valence-electron chi connectivity index (χ3n) is 3.82. The van der Waals surface area contributed by atoms with Crippen molar-refractivity contribution in [3.8, 4) is 0 Å². The summed E-state index contributed by atoms with van der Waals surface area (Å²) < 4.78 is 2.25. The van der Waals surface area contributed by atoms with Crippen LogP contribution in [-0.4, -0.2) is 15.6 Å². The summed E-state index contributed by atoms with van der Waals surface area (Å²) in [5, 5.41) is 3.55. The molecule has 2 aromatic rings. The molecular weight excluding hydrogens is 246 g/mol. The van der Waals surface area contributed by atoms with E-state index in [9.17, 15) is 0 Å². The van der Waals surface area contributed by atoms with E-state index >= 15 is 0 Å². The van der Waals surface area contributed by atoms with Gasteiger partial charge in [0.25, 0.3) is 0 Å². The lowest BCUT2D eigenvalue weighted by molar-refractivity contribution is 0.685. The van der Waals surface area contributed by atoms with Crippen LogP contribution in [0.25, 0.3) is 0 Å². The molecule has 1 aromatic carbocycles. The number of hydrogen-bond donors (Lipinski definition) is 1. The van der Waals surface area contributed by atoms with Crippen LogP contribution >= 0.6 is 0 Å². The number of rotatable bonds is 7. The Morgan fingerprint density at radius 3 is 2.65 bits per heavy atom. The van der Waals surface area contributed by atoms with Crippen LogP contribution in [0.4, 0.5) is 0 Å². The third kappa shape index (κ3) is 3.48. The van der Waals surface area contributed by atoms with Gasteiger partial charge in [-0.2, -0.15) is 0 Å². The first-order valence-corrected chi connectivity index (χ1v) is 7.66. The van der Waals surface area contributed by atoms with Crippen molar-refractivity contribution in [3.63, 3.8) is 0 Å². The highest BCUT2D eigenvalue weighted by atomic mass is 15.1. The van der Waals surface area contributed by atoms with Gasteiger partial charge in [0.1, 0.15) is 5.82 Å². The SMILES string of the molecule is CCCc1nccn1Cc1ccc(CNC2CC2)cc1. The first kappa shape index (κ1) is 13.4. The quantitative estimate of drug-likeness (QED) is 0.837. The minimum absolute atomic E-state index is 0.775. The summed E-state index contributed by atoms with van der Waals surface area (Å²) in [6.45, 7) is 4.11. The average molecular weight is 269 g/mol. The van der Waals surface area contributed by atoms with Gasteiger partial charge in [-0.3, -0.25) is 0 Å². The second kappa shape index (κ2) is 6.23. The molecular formula is C17H23N3. The minimum Gasteiger partial charge on any atom is -0.331 e. The number of aryl methyl sites for hydroxylation is 1. The fourth-order valence-electron chi connectivity index (χ4n) is 2.44. The highest BCUT2D eigenvalue weighted by Gasteiger charge is 2.19. The number of benzene rings is 1. The van der Waals surface area contributed by atoms with E-state index in [2.05, 4.69) is 52.3 Å². The van der Waals surface area contributed by atoms with Gasteiger partial charge in [-0.25, -0.2) is 4.98 Å². The van der Waals surface area contributed by atoms with E-state index in [1.807, 2.05) is 6.20 Å². The third-order valence-corrected chi connectivity index (χ3v) is 3.82. The van der Waals surface area contributed by atoms with Gasteiger partial charge in [-0.1, -0.05) is 31.2 Å². The molecule has 1 aromatic heterocycles. The zero-order chi connectivity index (χ0) is 13.8. The van der Waals surface area contributed by atoms with Crippen LogP contribution < -0.4 is 5.32 Å². The first-order chi connectivity index (χ1) is 9.85. The van der Waals surface area contributed by atoms with Crippen LogP contribution in [-0.2, 0) is 19.5 Å². The molecule has 1 heterocycles. The summed E-state index contributed by atoms with van der Waals surface area (Å²) in [4.78, 5) is 4.43. The van der Waals surface area contributed by atoms with Crippen molar-refractivity contribution in [2.24, 2.45) is 0 Å². The molecule has 3 rings (SSSR count). The van der Waals surface area contributed by atoms with Crippen LogP contribution in [0, 0.1) is 0 Å². The van der Waals surface area contributed by atoms with Crippen molar-refractivity contribution in [1.82, 2.24) is 14.9 Å². The van der Waals surface area contributed by atoms with Gasteiger partial charge in [0.15, 0.2) is 0 Å².